The zero-order valence-corrected chi connectivity index (χ0v) is 11.9. The SMILES string of the molecule is CC(C)NC(=O)CNC(=O)c1cccc(OCC(=O)O)c1. The van der Waals surface area contributed by atoms with Gasteiger partial charge in [0.1, 0.15) is 5.75 Å². The molecule has 0 fully saturated rings. The molecule has 0 unspecified atom stereocenters. The summed E-state index contributed by atoms with van der Waals surface area (Å²) in [7, 11) is 0. The maximum atomic E-state index is 11.9. The van der Waals surface area contributed by atoms with Gasteiger partial charge in [0, 0.05) is 11.6 Å². The van der Waals surface area contributed by atoms with E-state index in [0.717, 1.165) is 0 Å². The van der Waals surface area contributed by atoms with E-state index in [1.165, 1.54) is 6.07 Å². The Morgan fingerprint density at radius 2 is 2.00 bits per heavy atom. The average molecular weight is 294 g/mol. The fourth-order valence-corrected chi connectivity index (χ4v) is 1.51. The third-order valence-corrected chi connectivity index (χ3v) is 2.32. The van der Waals surface area contributed by atoms with Crippen molar-refractivity contribution in [2.75, 3.05) is 13.2 Å². The molecule has 0 saturated heterocycles. The molecule has 0 bridgehead atoms. The molecular weight excluding hydrogens is 276 g/mol. The third-order valence-electron chi connectivity index (χ3n) is 2.32. The van der Waals surface area contributed by atoms with Gasteiger partial charge in [-0.1, -0.05) is 6.07 Å². The summed E-state index contributed by atoms with van der Waals surface area (Å²) >= 11 is 0. The van der Waals surface area contributed by atoms with Crippen molar-refractivity contribution >= 4 is 17.8 Å². The zero-order chi connectivity index (χ0) is 15.8. The molecule has 7 heteroatoms. The Labute approximate surface area is 122 Å². The second-order valence-electron chi connectivity index (χ2n) is 4.62. The molecule has 2 amide bonds. The van der Waals surface area contributed by atoms with E-state index >= 15 is 0 Å². The Balaban J connectivity index is 2.56. The van der Waals surface area contributed by atoms with Crippen LogP contribution in [0.25, 0.3) is 0 Å². The first-order chi connectivity index (χ1) is 9.88. The number of aliphatic carboxylic acids is 1. The number of hydrogen-bond acceptors (Lipinski definition) is 4. The summed E-state index contributed by atoms with van der Waals surface area (Å²) in [6, 6.07) is 6.08. The highest BCUT2D eigenvalue weighted by Crippen LogP contribution is 2.13. The summed E-state index contributed by atoms with van der Waals surface area (Å²) in [4.78, 5) is 33.7. The van der Waals surface area contributed by atoms with Gasteiger partial charge >= 0.3 is 5.97 Å². The van der Waals surface area contributed by atoms with E-state index in [1.807, 2.05) is 13.8 Å². The van der Waals surface area contributed by atoms with Gasteiger partial charge in [-0.15, -0.1) is 0 Å². The van der Waals surface area contributed by atoms with E-state index in [1.54, 1.807) is 18.2 Å². The average Bonchev–Trinajstić information content (AvgIpc) is 2.42. The lowest BCUT2D eigenvalue weighted by Gasteiger charge is -2.10. The standard InChI is InChI=1S/C14H18N2O5/c1-9(2)16-12(17)7-15-14(20)10-4-3-5-11(6-10)21-8-13(18)19/h3-6,9H,7-8H2,1-2H3,(H,15,20)(H,16,17)(H,18,19). The molecule has 0 aliphatic carbocycles. The van der Waals surface area contributed by atoms with Gasteiger partial charge in [0.15, 0.2) is 6.61 Å². The minimum atomic E-state index is -1.10. The maximum Gasteiger partial charge on any atom is 0.341 e. The molecule has 0 aromatic heterocycles. The molecule has 1 rings (SSSR count). The molecule has 114 valence electrons. The number of nitrogens with one attached hydrogen (secondary N) is 2. The van der Waals surface area contributed by atoms with Crippen LogP contribution in [0.3, 0.4) is 0 Å². The Bertz CT molecular complexity index is 528. The second kappa shape index (κ2) is 7.88. The van der Waals surface area contributed by atoms with Crippen LogP contribution in [0, 0.1) is 0 Å². The number of carboxylic acids is 1. The molecule has 0 aliphatic heterocycles. The quantitative estimate of drug-likeness (QED) is 0.675. The van der Waals surface area contributed by atoms with E-state index in [4.69, 9.17) is 9.84 Å². The van der Waals surface area contributed by atoms with Gasteiger partial charge in [0.05, 0.1) is 6.54 Å². The van der Waals surface area contributed by atoms with Gasteiger partial charge in [-0.05, 0) is 32.0 Å². The van der Waals surface area contributed by atoms with Gasteiger partial charge in [0.2, 0.25) is 5.91 Å². The summed E-state index contributed by atoms with van der Waals surface area (Å²) in [5.41, 5.74) is 0.287. The molecule has 0 aliphatic rings. The summed E-state index contributed by atoms with van der Waals surface area (Å²) in [5.74, 6) is -1.54. The van der Waals surface area contributed by atoms with Crippen molar-refractivity contribution in [1.29, 1.82) is 0 Å². The van der Waals surface area contributed by atoms with Crippen LogP contribution in [-0.4, -0.2) is 42.1 Å². The van der Waals surface area contributed by atoms with Crippen LogP contribution in [0.15, 0.2) is 24.3 Å². The first-order valence-corrected chi connectivity index (χ1v) is 6.40. The third kappa shape index (κ3) is 6.42. The van der Waals surface area contributed by atoms with Gasteiger partial charge in [-0.3, -0.25) is 9.59 Å². The largest absolute Gasteiger partial charge is 0.482 e. The lowest BCUT2D eigenvalue weighted by Crippen LogP contribution is -2.39. The number of hydrogen-bond donors (Lipinski definition) is 3. The van der Waals surface area contributed by atoms with Gasteiger partial charge in [0.25, 0.3) is 5.91 Å². The molecule has 21 heavy (non-hydrogen) atoms. The predicted molar refractivity (Wildman–Crippen MR) is 75.2 cm³/mol. The minimum absolute atomic E-state index is 0.00199. The number of benzene rings is 1. The lowest BCUT2D eigenvalue weighted by atomic mass is 10.2. The number of carbonyl (C=O) groups is 3. The Kier molecular flexibility index (Phi) is 6.19. The normalized spacial score (nSPS) is 10.0. The summed E-state index contributed by atoms with van der Waals surface area (Å²) in [6.07, 6.45) is 0. The van der Waals surface area contributed by atoms with Crippen LogP contribution in [-0.2, 0) is 9.59 Å². The molecule has 0 heterocycles. The molecule has 0 saturated carbocycles. The van der Waals surface area contributed by atoms with Crippen LogP contribution >= 0.6 is 0 Å². The number of ether oxygens (including phenoxy) is 1. The molecule has 3 N–H and O–H groups in total. The van der Waals surface area contributed by atoms with Crippen LogP contribution in [0.5, 0.6) is 5.75 Å². The number of rotatable bonds is 7. The highest BCUT2D eigenvalue weighted by molar-refractivity contribution is 5.96. The van der Waals surface area contributed by atoms with Crippen molar-refractivity contribution in [2.24, 2.45) is 0 Å². The summed E-state index contributed by atoms with van der Waals surface area (Å²) < 4.78 is 4.98. The first kappa shape index (κ1) is 16.5. The van der Waals surface area contributed by atoms with Crippen molar-refractivity contribution in [3.05, 3.63) is 29.8 Å². The van der Waals surface area contributed by atoms with Crippen molar-refractivity contribution < 1.29 is 24.2 Å². The van der Waals surface area contributed by atoms with Crippen LogP contribution < -0.4 is 15.4 Å². The Morgan fingerprint density at radius 3 is 2.62 bits per heavy atom. The Hall–Kier alpha value is -2.57. The van der Waals surface area contributed by atoms with Crippen LogP contribution in [0.2, 0.25) is 0 Å². The monoisotopic (exact) mass is 294 g/mol. The van der Waals surface area contributed by atoms with E-state index in [-0.39, 0.29) is 29.8 Å². The fourth-order valence-electron chi connectivity index (χ4n) is 1.51. The number of carboxylic acid groups (broad SMARTS) is 1. The highest BCUT2D eigenvalue weighted by Gasteiger charge is 2.10. The van der Waals surface area contributed by atoms with Crippen molar-refractivity contribution in [3.8, 4) is 5.75 Å². The minimum Gasteiger partial charge on any atom is -0.482 e. The molecule has 1 aromatic rings. The number of amides is 2. The molecule has 0 radical (unpaired) electrons. The van der Waals surface area contributed by atoms with E-state index in [2.05, 4.69) is 10.6 Å². The summed E-state index contributed by atoms with van der Waals surface area (Å²) in [5, 5.41) is 13.6. The molecular formula is C14H18N2O5. The lowest BCUT2D eigenvalue weighted by molar-refractivity contribution is -0.139. The Morgan fingerprint density at radius 1 is 1.29 bits per heavy atom. The van der Waals surface area contributed by atoms with Crippen LogP contribution in [0.4, 0.5) is 0 Å². The van der Waals surface area contributed by atoms with E-state index in [0.29, 0.717) is 0 Å². The van der Waals surface area contributed by atoms with Gasteiger partial charge in [-0.25, -0.2) is 4.79 Å². The molecule has 0 spiro atoms. The molecule has 0 atom stereocenters. The van der Waals surface area contributed by atoms with Crippen molar-refractivity contribution in [3.63, 3.8) is 0 Å². The van der Waals surface area contributed by atoms with Gasteiger partial charge < -0.3 is 20.5 Å². The zero-order valence-electron chi connectivity index (χ0n) is 11.9. The second-order valence-corrected chi connectivity index (χ2v) is 4.62. The smallest absolute Gasteiger partial charge is 0.341 e. The highest BCUT2D eigenvalue weighted by atomic mass is 16.5. The van der Waals surface area contributed by atoms with E-state index in [9.17, 15) is 14.4 Å². The number of carbonyl (C=O) groups excluding carboxylic acids is 2. The maximum absolute atomic E-state index is 11.9. The topological polar surface area (TPSA) is 105 Å². The van der Waals surface area contributed by atoms with Crippen LogP contribution in [0.1, 0.15) is 24.2 Å². The van der Waals surface area contributed by atoms with E-state index < -0.39 is 18.5 Å². The van der Waals surface area contributed by atoms with Gasteiger partial charge in [-0.2, -0.15) is 0 Å². The summed E-state index contributed by atoms with van der Waals surface area (Å²) in [6.45, 7) is 3.03. The molecule has 7 nitrogen and oxygen atoms in total. The van der Waals surface area contributed by atoms with Crippen molar-refractivity contribution in [1.82, 2.24) is 10.6 Å². The molecule has 1 aromatic carbocycles. The fraction of sp³-hybridized carbons (Fsp3) is 0.357. The van der Waals surface area contributed by atoms with Crippen molar-refractivity contribution in [2.45, 2.75) is 19.9 Å². The predicted octanol–water partition coefficient (Wildman–Crippen LogP) is 0.404. The first-order valence-electron chi connectivity index (χ1n) is 6.40.